The molecule has 3 rings (SSSR count). The predicted octanol–water partition coefficient (Wildman–Crippen LogP) is 3.26. The smallest absolute Gasteiger partial charge is 0.370 e. The molecule has 0 fully saturated rings. The average molecular weight is 493 g/mol. The fraction of sp³-hybridized carbons (Fsp3) is 0.440. The highest BCUT2D eigenvalue weighted by molar-refractivity contribution is 5.82. The van der Waals surface area contributed by atoms with Crippen LogP contribution in [0.15, 0.2) is 48.5 Å². The molecule has 2 aromatic carbocycles. The fourth-order valence-corrected chi connectivity index (χ4v) is 4.40. The van der Waals surface area contributed by atoms with E-state index in [9.17, 15) is 22.8 Å². The third-order valence-corrected chi connectivity index (χ3v) is 6.08. The molecule has 0 spiro atoms. The summed E-state index contributed by atoms with van der Waals surface area (Å²) in [6.45, 7) is -0.864. The highest BCUT2D eigenvalue weighted by Crippen LogP contribution is 2.51. The normalized spacial score (nSPS) is 14.7. The summed E-state index contributed by atoms with van der Waals surface area (Å²) in [5.41, 5.74) is 15.5. The van der Waals surface area contributed by atoms with E-state index >= 15 is 0 Å². The van der Waals surface area contributed by atoms with E-state index in [-0.39, 0.29) is 18.7 Å². The Labute approximate surface area is 202 Å². The number of hydrogen-bond donors (Lipinski definition) is 4. The fourth-order valence-electron chi connectivity index (χ4n) is 4.40. The molecule has 1 aliphatic carbocycles. The van der Waals surface area contributed by atoms with E-state index in [0.717, 1.165) is 22.3 Å². The van der Waals surface area contributed by atoms with Gasteiger partial charge in [0, 0.05) is 13.0 Å². The van der Waals surface area contributed by atoms with Crippen LogP contribution in [0.2, 0.25) is 0 Å². The van der Waals surface area contributed by atoms with Crippen molar-refractivity contribution < 1.29 is 27.6 Å². The number of benzene rings is 2. The van der Waals surface area contributed by atoms with Crippen LogP contribution in [0.4, 0.5) is 13.2 Å². The highest BCUT2D eigenvalue weighted by atomic mass is 19.4. The molecule has 0 aliphatic heterocycles. The van der Waals surface area contributed by atoms with Gasteiger partial charge in [-0.15, -0.1) is 0 Å². The van der Waals surface area contributed by atoms with E-state index in [2.05, 4.69) is 10.8 Å². The SMILES string of the molecule is NC(=O)CC[C@H](N)C(=O)NCCCCCC1(ONCC(F)(F)F)c2ccccc2-c2ccccc21. The largest absolute Gasteiger partial charge is 0.403 e. The van der Waals surface area contributed by atoms with Crippen LogP contribution in [-0.4, -0.2) is 37.1 Å². The number of carbonyl (C=O) groups is 2. The van der Waals surface area contributed by atoms with Crippen LogP contribution in [0.5, 0.6) is 0 Å². The van der Waals surface area contributed by atoms with Crippen molar-refractivity contribution in [3.8, 4) is 11.1 Å². The number of primary amides is 1. The van der Waals surface area contributed by atoms with Crippen LogP contribution >= 0.6 is 0 Å². The minimum atomic E-state index is -4.41. The van der Waals surface area contributed by atoms with Gasteiger partial charge >= 0.3 is 6.18 Å². The Morgan fingerprint density at radius 3 is 2.14 bits per heavy atom. The maximum Gasteiger partial charge on any atom is 0.403 e. The first-order valence-electron chi connectivity index (χ1n) is 11.6. The van der Waals surface area contributed by atoms with Gasteiger partial charge in [0.15, 0.2) is 0 Å². The summed E-state index contributed by atoms with van der Waals surface area (Å²) in [7, 11) is 0. The lowest BCUT2D eigenvalue weighted by Gasteiger charge is -2.32. The summed E-state index contributed by atoms with van der Waals surface area (Å²) < 4.78 is 38.5. The average Bonchev–Trinajstić information content (AvgIpc) is 3.09. The first kappa shape index (κ1) is 26.7. The monoisotopic (exact) mass is 492 g/mol. The molecule has 7 nitrogen and oxygen atoms in total. The summed E-state index contributed by atoms with van der Waals surface area (Å²) in [4.78, 5) is 28.7. The molecule has 0 saturated heterocycles. The van der Waals surface area contributed by atoms with Crippen LogP contribution < -0.4 is 22.3 Å². The van der Waals surface area contributed by atoms with Crippen molar-refractivity contribution in [2.24, 2.45) is 11.5 Å². The molecule has 2 amide bonds. The van der Waals surface area contributed by atoms with Crippen molar-refractivity contribution in [1.29, 1.82) is 0 Å². The summed E-state index contributed by atoms with van der Waals surface area (Å²) in [5, 5.41) is 2.74. The quantitative estimate of drug-likeness (QED) is 0.253. The number of nitrogens with one attached hydrogen (secondary N) is 2. The Morgan fingerprint density at radius 2 is 1.57 bits per heavy atom. The van der Waals surface area contributed by atoms with E-state index in [1.165, 1.54) is 0 Å². The molecule has 1 atom stereocenters. The van der Waals surface area contributed by atoms with Crippen molar-refractivity contribution in [2.75, 3.05) is 13.1 Å². The van der Waals surface area contributed by atoms with Gasteiger partial charge in [-0.05, 0) is 47.9 Å². The maximum atomic E-state index is 12.8. The van der Waals surface area contributed by atoms with Gasteiger partial charge in [0.05, 0.1) is 6.04 Å². The van der Waals surface area contributed by atoms with Gasteiger partial charge in [0.1, 0.15) is 12.1 Å². The second-order valence-corrected chi connectivity index (χ2v) is 8.67. The Balaban J connectivity index is 1.63. The number of halogens is 3. The summed E-state index contributed by atoms with van der Waals surface area (Å²) in [5.74, 6) is -0.856. The van der Waals surface area contributed by atoms with Crippen molar-refractivity contribution in [2.45, 2.75) is 56.3 Å². The van der Waals surface area contributed by atoms with Crippen molar-refractivity contribution in [1.82, 2.24) is 10.8 Å². The van der Waals surface area contributed by atoms with Crippen molar-refractivity contribution >= 4 is 11.8 Å². The Morgan fingerprint density at radius 1 is 0.971 bits per heavy atom. The molecule has 0 unspecified atom stereocenters. The molecule has 0 radical (unpaired) electrons. The molecule has 0 bridgehead atoms. The minimum absolute atomic E-state index is 0.0436. The molecule has 6 N–H and O–H groups in total. The molecular weight excluding hydrogens is 461 g/mol. The number of nitrogens with two attached hydrogens (primary N) is 2. The standard InChI is InChI=1S/C25H31F3N4O3/c26-25(27,28)16-32-35-24(14-6-1-7-15-31-23(34)21(29)12-13-22(30)33)19-10-4-2-8-17(19)18-9-3-5-11-20(18)24/h2-5,8-11,21,32H,1,6-7,12-16,29H2,(H2,30,33)(H,31,34)/t21-/m0/s1. The van der Waals surface area contributed by atoms with Gasteiger partial charge in [-0.2, -0.15) is 18.7 Å². The molecule has 0 saturated carbocycles. The second kappa shape index (κ2) is 11.7. The zero-order valence-electron chi connectivity index (χ0n) is 19.4. The number of unbranched alkanes of at least 4 members (excludes halogenated alkanes) is 2. The predicted molar refractivity (Wildman–Crippen MR) is 126 cm³/mol. The molecule has 35 heavy (non-hydrogen) atoms. The van der Waals surface area contributed by atoms with Crippen LogP contribution in [0.1, 0.15) is 49.7 Å². The number of amides is 2. The maximum absolute atomic E-state index is 12.8. The number of hydrogen-bond acceptors (Lipinski definition) is 5. The number of hydroxylamine groups is 1. The lowest BCUT2D eigenvalue weighted by atomic mass is 9.86. The molecule has 190 valence electrons. The second-order valence-electron chi connectivity index (χ2n) is 8.67. The van der Waals surface area contributed by atoms with Gasteiger partial charge < -0.3 is 16.8 Å². The van der Waals surface area contributed by atoms with Gasteiger partial charge in [-0.25, -0.2) is 0 Å². The molecule has 0 aromatic heterocycles. The van der Waals surface area contributed by atoms with Crippen LogP contribution in [0, 0.1) is 0 Å². The van der Waals surface area contributed by atoms with Gasteiger partial charge in [-0.3, -0.25) is 14.4 Å². The van der Waals surface area contributed by atoms with Crippen molar-refractivity contribution in [3.63, 3.8) is 0 Å². The first-order valence-corrected chi connectivity index (χ1v) is 11.6. The van der Waals surface area contributed by atoms with E-state index in [1.807, 2.05) is 48.5 Å². The third-order valence-electron chi connectivity index (χ3n) is 6.08. The first-order chi connectivity index (χ1) is 16.6. The summed E-state index contributed by atoms with van der Waals surface area (Å²) in [6, 6.07) is 14.4. The van der Waals surface area contributed by atoms with E-state index in [4.69, 9.17) is 16.3 Å². The molecule has 1 aliphatic rings. The Kier molecular flexibility index (Phi) is 8.87. The zero-order chi connectivity index (χ0) is 25.5. The molecule has 10 heteroatoms. The number of rotatable bonds is 13. The Bertz CT molecular complexity index is 984. The highest BCUT2D eigenvalue weighted by Gasteiger charge is 2.45. The Hall–Kier alpha value is -2.95. The number of alkyl halides is 3. The van der Waals surface area contributed by atoms with E-state index < -0.39 is 30.3 Å². The van der Waals surface area contributed by atoms with Gasteiger partial charge in [0.2, 0.25) is 11.8 Å². The lowest BCUT2D eigenvalue weighted by molar-refractivity contribution is -0.173. The van der Waals surface area contributed by atoms with Crippen LogP contribution in [0.3, 0.4) is 0 Å². The summed E-state index contributed by atoms with van der Waals surface area (Å²) >= 11 is 0. The van der Waals surface area contributed by atoms with E-state index in [0.29, 0.717) is 32.2 Å². The van der Waals surface area contributed by atoms with Gasteiger partial charge in [-0.1, -0.05) is 55.0 Å². The number of carbonyl (C=O) groups excluding carboxylic acids is 2. The van der Waals surface area contributed by atoms with Crippen molar-refractivity contribution in [3.05, 3.63) is 59.7 Å². The van der Waals surface area contributed by atoms with Crippen LogP contribution in [0.25, 0.3) is 11.1 Å². The molecular formula is C25H31F3N4O3. The zero-order valence-corrected chi connectivity index (χ0v) is 19.4. The topological polar surface area (TPSA) is 119 Å². The lowest BCUT2D eigenvalue weighted by Crippen LogP contribution is -2.41. The molecule has 2 aromatic rings. The van der Waals surface area contributed by atoms with Crippen LogP contribution in [-0.2, 0) is 20.0 Å². The minimum Gasteiger partial charge on any atom is -0.370 e. The van der Waals surface area contributed by atoms with E-state index in [1.54, 1.807) is 0 Å². The number of fused-ring (bicyclic) bond motifs is 3. The van der Waals surface area contributed by atoms with Gasteiger partial charge in [0.25, 0.3) is 0 Å². The summed E-state index contributed by atoms with van der Waals surface area (Å²) in [6.07, 6.45) is -1.70. The third kappa shape index (κ3) is 6.81. The molecule has 0 heterocycles.